The van der Waals surface area contributed by atoms with Gasteiger partial charge in [-0.1, -0.05) is 4.51 Å². The maximum absolute atomic E-state index is 6.26. The highest BCUT2D eigenvalue weighted by Crippen LogP contribution is 2.42. The summed E-state index contributed by atoms with van der Waals surface area (Å²) in [5.41, 5.74) is -0.413. The standard InChI is InChI=1S/C12H22BClINO2/c1-11(2)12(3,4)18-13(17-11)8-6-9(15-5)10(14)16-7-8/h8-10,16H,5-7H2,1-4H3. The molecule has 6 heteroatoms. The van der Waals surface area contributed by atoms with Crippen LogP contribution < -0.4 is 5.32 Å². The Morgan fingerprint density at radius 2 is 1.83 bits per heavy atom. The molecule has 2 heterocycles. The third-order valence-electron chi connectivity index (χ3n) is 4.28. The largest absolute Gasteiger partial charge is 0.462 e. The van der Waals surface area contributed by atoms with E-state index in [1.165, 1.54) is 0 Å². The molecule has 104 valence electrons. The second kappa shape index (κ2) is 5.32. The SMILES string of the molecule is C=IC1CC(B2OC(C)(C)C(C)(C)O2)CNC1Cl. The number of hydrogen-bond donors (Lipinski definition) is 1. The zero-order chi connectivity index (χ0) is 13.6. The molecule has 0 radical (unpaired) electrons. The molecule has 3 unspecified atom stereocenters. The van der Waals surface area contributed by atoms with Crippen LogP contribution in [0.2, 0.25) is 5.82 Å². The Hall–Kier alpha value is 0.835. The predicted molar refractivity (Wildman–Crippen MR) is 87.0 cm³/mol. The highest BCUT2D eigenvalue weighted by Gasteiger charge is 2.54. The van der Waals surface area contributed by atoms with Crippen molar-refractivity contribution in [3.63, 3.8) is 0 Å². The summed E-state index contributed by atoms with van der Waals surface area (Å²) in [6.45, 7) is 9.25. The molecule has 3 nitrogen and oxygen atoms in total. The van der Waals surface area contributed by atoms with Gasteiger partial charge in [0.05, 0.1) is 16.7 Å². The molecule has 2 saturated heterocycles. The Morgan fingerprint density at radius 1 is 1.28 bits per heavy atom. The molecule has 1 N–H and O–H groups in total. The number of nitrogens with one attached hydrogen (secondary N) is 1. The van der Waals surface area contributed by atoms with E-state index in [0.29, 0.717) is 9.74 Å². The van der Waals surface area contributed by atoms with E-state index < -0.39 is 0 Å². The van der Waals surface area contributed by atoms with E-state index in [-0.39, 0.29) is 44.6 Å². The summed E-state index contributed by atoms with van der Waals surface area (Å²) >= 11 is 6.16. The Bertz CT molecular complexity index is 324. The van der Waals surface area contributed by atoms with Crippen LogP contribution in [0.5, 0.6) is 0 Å². The van der Waals surface area contributed by atoms with Gasteiger partial charge >= 0.3 is 7.12 Å². The van der Waals surface area contributed by atoms with Gasteiger partial charge in [-0.2, -0.15) is 0 Å². The molecular weight excluding hydrogens is 363 g/mol. The number of hydrogen-bond acceptors (Lipinski definition) is 3. The van der Waals surface area contributed by atoms with E-state index in [2.05, 4.69) is 37.5 Å². The summed E-state index contributed by atoms with van der Waals surface area (Å²) in [5.74, 6) is 0.382. The molecule has 0 aromatic rings. The topological polar surface area (TPSA) is 30.5 Å². The van der Waals surface area contributed by atoms with Crippen LogP contribution in [0.4, 0.5) is 0 Å². The number of halogens is 2. The summed E-state index contributed by atoms with van der Waals surface area (Å²) in [5, 5.41) is 3.36. The summed E-state index contributed by atoms with van der Waals surface area (Å²) in [4.78, 5) is 0. The maximum atomic E-state index is 6.26. The van der Waals surface area contributed by atoms with Crippen molar-refractivity contribution in [2.75, 3.05) is 6.54 Å². The first-order valence-electron chi connectivity index (χ1n) is 6.37. The van der Waals surface area contributed by atoms with Gasteiger partial charge in [0.2, 0.25) is 0 Å². The minimum absolute atomic E-state index is 0.0778. The molecular formula is C12H22BClINO2. The van der Waals surface area contributed by atoms with Gasteiger partial charge in [-0.3, -0.25) is 0 Å². The zero-order valence-corrected chi connectivity index (χ0v) is 14.4. The van der Waals surface area contributed by atoms with Crippen molar-refractivity contribution in [2.24, 2.45) is 0 Å². The van der Waals surface area contributed by atoms with Gasteiger partial charge in [-0.15, -0.1) is 32.3 Å². The molecule has 0 amide bonds. The quantitative estimate of drug-likeness (QED) is 0.343. The van der Waals surface area contributed by atoms with Crippen LogP contribution >= 0.6 is 32.3 Å². The van der Waals surface area contributed by atoms with Gasteiger partial charge in [-0.05, 0) is 40.7 Å². The molecule has 2 aliphatic rings. The molecule has 0 bridgehead atoms. The number of piperidine rings is 1. The molecule has 18 heavy (non-hydrogen) atoms. The minimum atomic E-state index is -0.246. The average Bonchev–Trinajstić information content (AvgIpc) is 2.49. The summed E-state index contributed by atoms with van der Waals surface area (Å²) in [6, 6.07) is 0. The van der Waals surface area contributed by atoms with Crippen LogP contribution in [-0.4, -0.2) is 38.8 Å². The molecule has 2 fully saturated rings. The Kier molecular flexibility index (Phi) is 4.50. The lowest BCUT2D eigenvalue weighted by Crippen LogP contribution is -2.46. The second-order valence-electron chi connectivity index (χ2n) is 6.10. The molecule has 2 aliphatic heterocycles. The molecule has 0 saturated carbocycles. The smallest absolute Gasteiger partial charge is 0.403 e. The maximum Gasteiger partial charge on any atom is 0.462 e. The minimum Gasteiger partial charge on any atom is -0.403 e. The Labute approximate surface area is 125 Å². The molecule has 2 rings (SSSR count). The Balaban J connectivity index is 2.04. The van der Waals surface area contributed by atoms with Crippen LogP contribution in [0.25, 0.3) is 0 Å². The third-order valence-corrected chi connectivity index (χ3v) is 7.52. The van der Waals surface area contributed by atoms with Gasteiger partial charge in [0.1, 0.15) is 0 Å². The number of alkyl halides is 2. The van der Waals surface area contributed by atoms with E-state index in [1.807, 2.05) is 0 Å². The van der Waals surface area contributed by atoms with Gasteiger partial charge in [0, 0.05) is 9.74 Å². The van der Waals surface area contributed by atoms with Crippen LogP contribution in [-0.2, 0) is 9.31 Å². The fraction of sp³-hybridized carbons (Fsp3) is 0.917. The van der Waals surface area contributed by atoms with Crippen LogP contribution in [0, 0.1) is 0 Å². The zero-order valence-electron chi connectivity index (χ0n) is 11.5. The van der Waals surface area contributed by atoms with Gasteiger partial charge in [-0.25, -0.2) is 0 Å². The van der Waals surface area contributed by atoms with Gasteiger partial charge < -0.3 is 14.6 Å². The summed E-state index contributed by atoms with van der Waals surface area (Å²) < 4.78 is 16.8. The lowest BCUT2D eigenvalue weighted by molar-refractivity contribution is 0.00578. The van der Waals surface area contributed by atoms with E-state index in [4.69, 9.17) is 20.9 Å². The van der Waals surface area contributed by atoms with E-state index in [9.17, 15) is 0 Å². The lowest BCUT2D eigenvalue weighted by Gasteiger charge is -2.32. The second-order valence-corrected chi connectivity index (χ2v) is 9.05. The van der Waals surface area contributed by atoms with Crippen LogP contribution in [0.1, 0.15) is 34.1 Å². The lowest BCUT2D eigenvalue weighted by atomic mass is 9.68. The number of rotatable bonds is 2. The summed E-state index contributed by atoms with van der Waals surface area (Å²) in [7, 11) is -0.121. The summed E-state index contributed by atoms with van der Waals surface area (Å²) in [6.07, 6.45) is 1.06. The van der Waals surface area contributed by atoms with Gasteiger partial charge in [0.25, 0.3) is 0 Å². The van der Waals surface area contributed by atoms with E-state index in [0.717, 1.165) is 13.0 Å². The fourth-order valence-electron chi connectivity index (χ4n) is 2.31. The normalized spacial score (nSPS) is 38.9. The first-order valence-corrected chi connectivity index (χ1v) is 9.57. The monoisotopic (exact) mass is 385 g/mol. The first kappa shape index (κ1) is 15.2. The van der Waals surface area contributed by atoms with Crippen LogP contribution in [0.3, 0.4) is 0 Å². The van der Waals surface area contributed by atoms with Crippen molar-refractivity contribution in [1.29, 1.82) is 0 Å². The van der Waals surface area contributed by atoms with Crippen molar-refractivity contribution in [2.45, 2.75) is 60.6 Å². The molecule has 0 aromatic heterocycles. The molecule has 0 aromatic carbocycles. The third kappa shape index (κ3) is 2.80. The van der Waals surface area contributed by atoms with Crippen LogP contribution in [0.15, 0.2) is 0 Å². The van der Waals surface area contributed by atoms with Crippen molar-refractivity contribution < 1.29 is 9.31 Å². The Morgan fingerprint density at radius 3 is 2.33 bits per heavy atom. The molecule has 0 aliphatic carbocycles. The molecule has 0 spiro atoms. The van der Waals surface area contributed by atoms with Crippen molar-refractivity contribution in [3.8, 4) is 0 Å². The van der Waals surface area contributed by atoms with Crippen molar-refractivity contribution in [3.05, 3.63) is 0 Å². The van der Waals surface area contributed by atoms with E-state index >= 15 is 0 Å². The van der Waals surface area contributed by atoms with Gasteiger partial charge in [0.15, 0.2) is 0 Å². The van der Waals surface area contributed by atoms with Crippen molar-refractivity contribution >= 4 is 44.0 Å². The highest BCUT2D eigenvalue weighted by atomic mass is 127. The molecule has 3 atom stereocenters. The fourth-order valence-corrected chi connectivity index (χ4v) is 4.67. The first-order chi connectivity index (χ1) is 8.27. The highest BCUT2D eigenvalue weighted by molar-refractivity contribution is 14.2. The van der Waals surface area contributed by atoms with Crippen molar-refractivity contribution in [1.82, 2.24) is 5.32 Å². The predicted octanol–water partition coefficient (Wildman–Crippen LogP) is 2.78. The van der Waals surface area contributed by atoms with E-state index in [1.54, 1.807) is 0 Å². The average molecular weight is 385 g/mol.